The second kappa shape index (κ2) is 8.11. The molecule has 0 aliphatic rings. The summed E-state index contributed by atoms with van der Waals surface area (Å²) in [5.74, 6) is 0.818. The molecule has 6 heteroatoms. The van der Waals surface area contributed by atoms with Gasteiger partial charge in [-0.25, -0.2) is 4.99 Å². The average molecular weight is 240 g/mol. The predicted octanol–water partition coefficient (Wildman–Crippen LogP) is 3.77. The summed E-state index contributed by atoms with van der Waals surface area (Å²) < 4.78 is 34.0. The molecule has 0 saturated heterocycles. The minimum Gasteiger partial charge on any atom is -0.497 e. The van der Waals surface area contributed by atoms with Crippen molar-refractivity contribution in [2.75, 3.05) is 7.11 Å². The van der Waals surface area contributed by atoms with Gasteiger partial charge in [0.15, 0.2) is 0 Å². The lowest BCUT2D eigenvalue weighted by Gasteiger charge is -1.97. The number of aliphatic imine (C=N–C) groups is 1. The summed E-state index contributed by atoms with van der Waals surface area (Å²) >= 11 is 5.29. The fraction of sp³-hybridized carbons (Fsp3) is 0.222. The third-order valence-electron chi connectivity index (χ3n) is 1.27. The van der Waals surface area contributed by atoms with E-state index in [1.807, 2.05) is 24.3 Å². The zero-order valence-corrected chi connectivity index (χ0v) is 8.59. The van der Waals surface area contributed by atoms with E-state index in [9.17, 15) is 13.2 Å². The molecule has 15 heavy (non-hydrogen) atoms. The van der Waals surface area contributed by atoms with Gasteiger partial charge in [0.05, 0.1) is 18.5 Å². The van der Waals surface area contributed by atoms with Crippen molar-refractivity contribution in [3.05, 3.63) is 24.3 Å². The number of halogens is 4. The van der Waals surface area contributed by atoms with Crippen LogP contribution >= 0.6 is 11.6 Å². The van der Waals surface area contributed by atoms with Gasteiger partial charge in [0, 0.05) is 0 Å². The van der Waals surface area contributed by atoms with E-state index in [0.717, 1.165) is 11.4 Å². The van der Waals surface area contributed by atoms with Crippen molar-refractivity contribution in [3.63, 3.8) is 0 Å². The summed E-state index contributed by atoms with van der Waals surface area (Å²) in [7, 11) is 1.62. The van der Waals surface area contributed by atoms with E-state index in [0.29, 0.717) is 0 Å². The second-order valence-corrected chi connectivity index (χ2v) is 2.37. The standard InChI is InChI=1S/C8H8ClNO.CHF3/c1-11-8-4-2-7(3-5-8)10-6-9;2-1(3)4/h2-6H,1H3;1H. The molecule has 0 amide bonds. The van der Waals surface area contributed by atoms with Gasteiger partial charge in [-0.05, 0) is 24.3 Å². The number of benzene rings is 1. The van der Waals surface area contributed by atoms with Gasteiger partial charge in [-0.3, -0.25) is 0 Å². The van der Waals surface area contributed by atoms with Crippen LogP contribution in [0.5, 0.6) is 5.75 Å². The fourth-order valence-electron chi connectivity index (χ4n) is 0.725. The molecular formula is C9H9ClF3NO. The molecule has 0 N–H and O–H groups in total. The van der Waals surface area contributed by atoms with Crippen molar-refractivity contribution >= 4 is 23.0 Å². The quantitative estimate of drug-likeness (QED) is 0.720. The first-order chi connectivity index (χ1) is 7.10. The van der Waals surface area contributed by atoms with Gasteiger partial charge < -0.3 is 4.74 Å². The number of hydrogen-bond donors (Lipinski definition) is 0. The Morgan fingerprint density at radius 1 is 1.27 bits per heavy atom. The van der Waals surface area contributed by atoms with E-state index in [2.05, 4.69) is 4.99 Å². The molecule has 0 unspecified atom stereocenters. The molecule has 0 aliphatic carbocycles. The third-order valence-corrected chi connectivity index (χ3v) is 1.37. The van der Waals surface area contributed by atoms with Gasteiger partial charge in [-0.15, -0.1) is 0 Å². The molecule has 0 atom stereocenters. The molecule has 0 fully saturated rings. The molecule has 0 spiro atoms. The molecular weight excluding hydrogens is 231 g/mol. The van der Waals surface area contributed by atoms with E-state index in [4.69, 9.17) is 16.3 Å². The number of methoxy groups -OCH3 is 1. The summed E-state index contributed by atoms with van der Waals surface area (Å²) in [5.41, 5.74) is 2.06. The highest BCUT2D eigenvalue weighted by atomic mass is 35.5. The van der Waals surface area contributed by atoms with Crippen molar-refractivity contribution in [2.45, 2.75) is 6.68 Å². The number of hydrogen-bond acceptors (Lipinski definition) is 2. The molecule has 1 rings (SSSR count). The monoisotopic (exact) mass is 239 g/mol. The van der Waals surface area contributed by atoms with Gasteiger partial charge in [0.25, 0.3) is 0 Å². The van der Waals surface area contributed by atoms with Crippen molar-refractivity contribution < 1.29 is 17.9 Å². The first-order valence-corrected chi connectivity index (χ1v) is 4.22. The Morgan fingerprint density at radius 3 is 2.07 bits per heavy atom. The smallest absolute Gasteiger partial charge is 0.379 e. The topological polar surface area (TPSA) is 21.6 Å². The van der Waals surface area contributed by atoms with Crippen LogP contribution in [-0.4, -0.2) is 19.5 Å². The van der Waals surface area contributed by atoms with E-state index in [1.165, 1.54) is 5.67 Å². The third kappa shape index (κ3) is 7.81. The molecule has 1 aromatic carbocycles. The fourth-order valence-corrected chi connectivity index (χ4v) is 0.837. The lowest BCUT2D eigenvalue weighted by Crippen LogP contribution is -1.79. The second-order valence-electron chi connectivity index (χ2n) is 2.17. The Balaban J connectivity index is 0.000000423. The minimum atomic E-state index is -3.67. The Kier molecular flexibility index (Phi) is 7.44. The number of ether oxygens (including phenoxy) is 1. The summed E-state index contributed by atoms with van der Waals surface area (Å²) in [6.07, 6.45) is 0. The minimum absolute atomic E-state index is 0.818. The first-order valence-electron chi connectivity index (χ1n) is 3.79. The largest absolute Gasteiger partial charge is 0.497 e. The molecule has 0 bridgehead atoms. The van der Waals surface area contributed by atoms with Crippen LogP contribution in [0.15, 0.2) is 29.3 Å². The summed E-state index contributed by atoms with van der Waals surface area (Å²) in [4.78, 5) is 3.87. The number of alkyl halides is 3. The van der Waals surface area contributed by atoms with Crippen molar-refractivity contribution in [1.29, 1.82) is 0 Å². The van der Waals surface area contributed by atoms with Crippen LogP contribution in [-0.2, 0) is 0 Å². The van der Waals surface area contributed by atoms with Crippen molar-refractivity contribution in [3.8, 4) is 5.75 Å². The molecule has 1 aromatic rings. The zero-order valence-electron chi connectivity index (χ0n) is 7.83. The maximum absolute atomic E-state index is 9.67. The Labute approximate surface area is 90.3 Å². The predicted molar refractivity (Wildman–Crippen MR) is 54.1 cm³/mol. The van der Waals surface area contributed by atoms with Crippen molar-refractivity contribution in [1.82, 2.24) is 0 Å². The number of rotatable bonds is 2. The highest BCUT2D eigenvalue weighted by molar-refractivity contribution is 6.56. The Bertz CT molecular complexity index is 287. The average Bonchev–Trinajstić information content (AvgIpc) is 2.19. The first kappa shape index (κ1) is 13.8. The Morgan fingerprint density at radius 2 is 1.73 bits per heavy atom. The highest BCUT2D eigenvalue weighted by Crippen LogP contribution is 2.16. The molecule has 2 nitrogen and oxygen atoms in total. The van der Waals surface area contributed by atoms with Gasteiger partial charge in [-0.1, -0.05) is 11.6 Å². The molecule has 0 radical (unpaired) electrons. The molecule has 0 saturated carbocycles. The van der Waals surface area contributed by atoms with Crippen LogP contribution < -0.4 is 4.74 Å². The van der Waals surface area contributed by atoms with Gasteiger partial charge in [0.2, 0.25) is 0 Å². The van der Waals surface area contributed by atoms with E-state index in [1.54, 1.807) is 7.11 Å². The number of nitrogens with zero attached hydrogens (tertiary/aromatic N) is 1. The van der Waals surface area contributed by atoms with Crippen LogP contribution in [0.1, 0.15) is 0 Å². The van der Waals surface area contributed by atoms with E-state index < -0.39 is 6.68 Å². The normalized spacial score (nSPS) is 10.0. The van der Waals surface area contributed by atoms with Gasteiger partial charge in [0.1, 0.15) is 5.75 Å². The summed E-state index contributed by atoms with van der Waals surface area (Å²) in [6.45, 7) is -3.67. The molecule has 0 aliphatic heterocycles. The highest BCUT2D eigenvalue weighted by Gasteiger charge is 1.89. The molecule has 84 valence electrons. The Hall–Kier alpha value is -1.23. The van der Waals surface area contributed by atoms with Crippen LogP contribution in [0.4, 0.5) is 18.9 Å². The van der Waals surface area contributed by atoms with Crippen LogP contribution in [0.25, 0.3) is 0 Å². The van der Waals surface area contributed by atoms with Gasteiger partial charge in [-0.2, -0.15) is 13.2 Å². The summed E-state index contributed by atoms with van der Waals surface area (Å²) in [5, 5.41) is 0. The van der Waals surface area contributed by atoms with E-state index >= 15 is 0 Å². The van der Waals surface area contributed by atoms with Crippen LogP contribution in [0.2, 0.25) is 0 Å². The molecule has 0 heterocycles. The van der Waals surface area contributed by atoms with E-state index in [-0.39, 0.29) is 0 Å². The van der Waals surface area contributed by atoms with Crippen molar-refractivity contribution in [2.24, 2.45) is 4.99 Å². The van der Waals surface area contributed by atoms with Crippen LogP contribution in [0, 0.1) is 0 Å². The maximum atomic E-state index is 9.67. The maximum Gasteiger partial charge on any atom is 0.379 e. The lowest BCUT2D eigenvalue weighted by atomic mass is 10.3. The summed E-state index contributed by atoms with van der Waals surface area (Å²) in [6, 6.07) is 7.33. The zero-order chi connectivity index (χ0) is 11.7. The molecule has 0 aromatic heterocycles. The SMILES string of the molecule is COc1ccc(N=CCl)cc1.FC(F)F. The van der Waals surface area contributed by atoms with Crippen LogP contribution in [0.3, 0.4) is 0 Å². The lowest BCUT2D eigenvalue weighted by molar-refractivity contribution is 0.00819. The van der Waals surface area contributed by atoms with Gasteiger partial charge >= 0.3 is 6.68 Å².